The lowest BCUT2D eigenvalue weighted by molar-refractivity contribution is -0.131. The molecule has 9 nitrogen and oxygen atoms in total. The highest BCUT2D eigenvalue weighted by molar-refractivity contribution is 5.93. The van der Waals surface area contributed by atoms with Gasteiger partial charge in [0.25, 0.3) is 5.91 Å². The number of anilines is 1. The average molecular weight is 412 g/mol. The summed E-state index contributed by atoms with van der Waals surface area (Å²) in [6.07, 6.45) is 5.11. The van der Waals surface area contributed by atoms with Crippen LogP contribution in [0.4, 0.5) is 5.82 Å². The smallest absolute Gasteiger partial charge is 0.278 e. The summed E-state index contributed by atoms with van der Waals surface area (Å²) in [6.45, 7) is 6.15. The van der Waals surface area contributed by atoms with Gasteiger partial charge >= 0.3 is 0 Å². The fourth-order valence-corrected chi connectivity index (χ4v) is 4.27. The second kappa shape index (κ2) is 9.23. The van der Waals surface area contributed by atoms with Crippen LogP contribution in [0.15, 0.2) is 29.0 Å². The first-order valence-electron chi connectivity index (χ1n) is 10.6. The number of aromatic nitrogens is 3. The summed E-state index contributed by atoms with van der Waals surface area (Å²) >= 11 is 0. The molecule has 9 heteroatoms. The molecule has 2 amide bonds. The van der Waals surface area contributed by atoms with Crippen molar-refractivity contribution in [1.29, 1.82) is 0 Å². The van der Waals surface area contributed by atoms with E-state index in [1.165, 1.54) is 0 Å². The van der Waals surface area contributed by atoms with Gasteiger partial charge in [0.15, 0.2) is 5.69 Å². The fraction of sp³-hybridized carbons (Fsp3) is 0.571. The van der Waals surface area contributed by atoms with Crippen molar-refractivity contribution in [3.05, 3.63) is 35.8 Å². The number of rotatable bonds is 5. The molecule has 0 spiro atoms. The first kappa shape index (κ1) is 20.3. The Morgan fingerprint density at radius 1 is 1.10 bits per heavy atom. The molecule has 0 radical (unpaired) electrons. The monoisotopic (exact) mass is 412 g/mol. The molecule has 0 bridgehead atoms. The molecule has 2 aromatic heterocycles. The van der Waals surface area contributed by atoms with E-state index in [2.05, 4.69) is 24.8 Å². The lowest BCUT2D eigenvalue weighted by Crippen LogP contribution is -2.49. The standard InChI is InChI=1S/C21H28N6O3/c1-16-20(24-30-23-16)21(29)27-10-4-5-17(15-27)7-8-19(28)26-13-11-25(12-14-26)18-6-2-3-9-22-18/h2-3,6,9,17H,4-5,7-8,10-15H2,1H3/t17-/m1/s1. The van der Waals surface area contributed by atoms with Gasteiger partial charge in [-0.15, -0.1) is 0 Å². The molecule has 2 aliphatic rings. The fourth-order valence-electron chi connectivity index (χ4n) is 4.27. The minimum absolute atomic E-state index is 0.129. The molecule has 4 heterocycles. The number of hydrogen-bond acceptors (Lipinski definition) is 7. The molecule has 0 saturated carbocycles. The number of hydrogen-bond donors (Lipinski definition) is 0. The second-order valence-electron chi connectivity index (χ2n) is 8.05. The molecule has 2 saturated heterocycles. The van der Waals surface area contributed by atoms with Crippen LogP contribution in [0.25, 0.3) is 0 Å². The minimum atomic E-state index is -0.129. The summed E-state index contributed by atoms with van der Waals surface area (Å²) < 4.78 is 4.66. The van der Waals surface area contributed by atoms with Gasteiger partial charge in [-0.05, 0) is 49.4 Å². The molecular weight excluding hydrogens is 384 g/mol. The number of pyridine rings is 1. The van der Waals surface area contributed by atoms with Crippen molar-refractivity contribution in [2.75, 3.05) is 44.2 Å². The van der Waals surface area contributed by atoms with Crippen LogP contribution in [0.3, 0.4) is 0 Å². The topological polar surface area (TPSA) is 95.7 Å². The van der Waals surface area contributed by atoms with Crippen LogP contribution in [0, 0.1) is 12.8 Å². The zero-order valence-electron chi connectivity index (χ0n) is 17.4. The first-order valence-corrected chi connectivity index (χ1v) is 10.6. The highest BCUT2D eigenvalue weighted by Gasteiger charge is 2.29. The Kier molecular flexibility index (Phi) is 6.25. The van der Waals surface area contributed by atoms with Gasteiger partial charge in [0.1, 0.15) is 11.5 Å². The number of carbonyl (C=O) groups is 2. The van der Waals surface area contributed by atoms with Gasteiger partial charge in [0.2, 0.25) is 5.91 Å². The number of aryl methyl sites for hydroxylation is 1. The van der Waals surface area contributed by atoms with Crippen molar-refractivity contribution in [3.63, 3.8) is 0 Å². The van der Waals surface area contributed by atoms with E-state index in [1.54, 1.807) is 13.1 Å². The zero-order valence-corrected chi connectivity index (χ0v) is 17.4. The molecule has 1 atom stereocenters. The largest absolute Gasteiger partial charge is 0.353 e. The van der Waals surface area contributed by atoms with Gasteiger partial charge < -0.3 is 14.7 Å². The molecule has 30 heavy (non-hydrogen) atoms. The van der Waals surface area contributed by atoms with Gasteiger partial charge in [-0.1, -0.05) is 11.2 Å². The van der Waals surface area contributed by atoms with Crippen LogP contribution in [0.2, 0.25) is 0 Å². The molecule has 2 aromatic rings. The summed E-state index contributed by atoms with van der Waals surface area (Å²) in [4.78, 5) is 35.7. The van der Waals surface area contributed by atoms with Crippen molar-refractivity contribution >= 4 is 17.6 Å². The third-order valence-corrected chi connectivity index (χ3v) is 6.03. The highest BCUT2D eigenvalue weighted by atomic mass is 16.6. The lowest BCUT2D eigenvalue weighted by atomic mass is 9.93. The molecule has 4 rings (SSSR count). The zero-order chi connectivity index (χ0) is 20.9. The molecule has 0 aromatic carbocycles. The maximum Gasteiger partial charge on any atom is 0.278 e. The van der Waals surface area contributed by atoms with Crippen LogP contribution in [-0.4, -0.2) is 76.2 Å². The van der Waals surface area contributed by atoms with Crippen molar-refractivity contribution in [3.8, 4) is 0 Å². The van der Waals surface area contributed by atoms with Crippen molar-refractivity contribution in [2.45, 2.75) is 32.6 Å². The van der Waals surface area contributed by atoms with E-state index in [0.29, 0.717) is 31.1 Å². The van der Waals surface area contributed by atoms with Crippen LogP contribution in [-0.2, 0) is 4.79 Å². The Hall–Kier alpha value is -2.97. The molecule has 2 fully saturated rings. The van der Waals surface area contributed by atoms with Gasteiger partial charge in [0, 0.05) is 51.9 Å². The third-order valence-electron chi connectivity index (χ3n) is 6.03. The predicted molar refractivity (Wildman–Crippen MR) is 110 cm³/mol. The maximum atomic E-state index is 12.7. The van der Waals surface area contributed by atoms with Crippen LogP contribution >= 0.6 is 0 Å². The Labute approximate surface area is 176 Å². The number of likely N-dealkylation sites (tertiary alicyclic amines) is 1. The van der Waals surface area contributed by atoms with E-state index < -0.39 is 0 Å². The summed E-state index contributed by atoms with van der Waals surface area (Å²) in [6, 6.07) is 5.90. The van der Waals surface area contributed by atoms with Gasteiger partial charge in [0.05, 0.1) is 0 Å². The summed E-state index contributed by atoms with van der Waals surface area (Å²) in [5, 5.41) is 7.43. The summed E-state index contributed by atoms with van der Waals surface area (Å²) in [5.41, 5.74) is 0.805. The minimum Gasteiger partial charge on any atom is -0.353 e. The average Bonchev–Trinajstić information content (AvgIpc) is 3.23. The number of amides is 2. The summed E-state index contributed by atoms with van der Waals surface area (Å²) in [7, 11) is 0. The Morgan fingerprint density at radius 2 is 1.93 bits per heavy atom. The van der Waals surface area contributed by atoms with Crippen molar-refractivity contribution in [2.24, 2.45) is 5.92 Å². The third kappa shape index (κ3) is 4.60. The van der Waals surface area contributed by atoms with E-state index >= 15 is 0 Å². The Bertz CT molecular complexity index is 863. The predicted octanol–water partition coefficient (Wildman–Crippen LogP) is 1.75. The maximum absolute atomic E-state index is 12.7. The SMILES string of the molecule is Cc1nonc1C(=O)N1CCC[C@H](CCC(=O)N2CCN(c3ccccn3)CC2)C1. The molecule has 160 valence electrons. The quantitative estimate of drug-likeness (QED) is 0.738. The van der Waals surface area contributed by atoms with Gasteiger partial charge in [-0.3, -0.25) is 9.59 Å². The number of carbonyl (C=O) groups excluding carboxylic acids is 2. The van der Waals surface area contributed by atoms with Crippen molar-refractivity contribution in [1.82, 2.24) is 25.1 Å². The summed E-state index contributed by atoms with van der Waals surface area (Å²) in [5.74, 6) is 1.38. The molecule has 2 aliphatic heterocycles. The van der Waals surface area contributed by atoms with E-state index in [9.17, 15) is 9.59 Å². The Morgan fingerprint density at radius 3 is 2.63 bits per heavy atom. The molecule has 0 aliphatic carbocycles. The highest BCUT2D eigenvalue weighted by Crippen LogP contribution is 2.23. The first-order chi connectivity index (χ1) is 14.6. The number of piperidine rings is 1. The molecule has 0 N–H and O–H groups in total. The van der Waals surface area contributed by atoms with Gasteiger partial charge in [-0.2, -0.15) is 0 Å². The van der Waals surface area contributed by atoms with E-state index in [0.717, 1.165) is 51.3 Å². The van der Waals surface area contributed by atoms with E-state index in [-0.39, 0.29) is 17.5 Å². The van der Waals surface area contributed by atoms with Crippen LogP contribution < -0.4 is 4.90 Å². The molecule has 0 unspecified atom stereocenters. The Balaban J connectivity index is 1.23. The lowest BCUT2D eigenvalue weighted by Gasteiger charge is -2.36. The van der Waals surface area contributed by atoms with Crippen molar-refractivity contribution < 1.29 is 14.2 Å². The normalized spacial score (nSPS) is 19.8. The molecular formula is C21H28N6O3. The van der Waals surface area contributed by atoms with E-state index in [1.807, 2.05) is 28.0 Å². The number of piperazine rings is 1. The van der Waals surface area contributed by atoms with Crippen LogP contribution in [0.1, 0.15) is 41.9 Å². The van der Waals surface area contributed by atoms with Crippen LogP contribution in [0.5, 0.6) is 0 Å². The second-order valence-corrected chi connectivity index (χ2v) is 8.05. The number of nitrogens with zero attached hydrogens (tertiary/aromatic N) is 6. The van der Waals surface area contributed by atoms with Gasteiger partial charge in [-0.25, -0.2) is 9.61 Å². The van der Waals surface area contributed by atoms with E-state index in [4.69, 9.17) is 0 Å².